The summed E-state index contributed by atoms with van der Waals surface area (Å²) in [5.41, 5.74) is 0. The Morgan fingerprint density at radius 1 is 0.760 bits per heavy atom. The van der Waals surface area contributed by atoms with Crippen LogP contribution < -0.4 is 0 Å². The van der Waals surface area contributed by atoms with Gasteiger partial charge in [0.15, 0.2) is 0 Å². The number of hydrogen-bond donors (Lipinski definition) is 0. The molecule has 0 bridgehead atoms. The largest absolute Gasteiger partial charge is 0.379 e. The van der Waals surface area contributed by atoms with Crippen molar-refractivity contribution in [3.05, 3.63) is 29.3 Å². The number of ether oxygens (including phenoxy) is 1. The Bertz CT molecular complexity index is 799. The minimum atomic E-state index is -3.65. The van der Waals surface area contributed by atoms with Crippen LogP contribution in [0.1, 0.15) is 0 Å². The lowest BCUT2D eigenvalue weighted by Crippen LogP contribution is -2.55. The highest BCUT2D eigenvalue weighted by molar-refractivity contribution is 7.89. The predicted molar refractivity (Wildman–Crippen MR) is 93.1 cm³/mol. The Morgan fingerprint density at radius 3 is 1.80 bits per heavy atom. The molecule has 0 aromatic heterocycles. The van der Waals surface area contributed by atoms with E-state index in [-0.39, 0.29) is 31.1 Å². The summed E-state index contributed by atoms with van der Waals surface area (Å²) >= 11 is 5.80. The molecule has 1 aromatic rings. The molecule has 25 heavy (non-hydrogen) atoms. The van der Waals surface area contributed by atoms with Gasteiger partial charge in [0.05, 0.1) is 18.1 Å². The first kappa shape index (κ1) is 19.0. The summed E-state index contributed by atoms with van der Waals surface area (Å²) in [6, 6.07) is 5.95. The van der Waals surface area contributed by atoms with Crippen LogP contribution in [-0.2, 0) is 25.0 Å². The molecule has 8 nitrogen and oxygen atoms in total. The number of morpholine rings is 1. The zero-order valence-electron chi connectivity index (χ0n) is 13.5. The quantitative estimate of drug-likeness (QED) is 0.710. The van der Waals surface area contributed by atoms with Crippen molar-refractivity contribution in [1.29, 1.82) is 0 Å². The molecule has 0 spiro atoms. The molecule has 0 radical (unpaired) electrons. The third-order valence-electron chi connectivity index (χ3n) is 4.27. The second-order valence-corrected chi connectivity index (χ2v) is 10.1. The molecule has 1 aromatic carbocycles. The first-order chi connectivity index (χ1) is 11.8. The maximum absolute atomic E-state index is 12.6. The lowest BCUT2D eigenvalue weighted by molar-refractivity contribution is 0.0694. The fraction of sp³-hybridized carbons (Fsp3) is 0.571. The third-order valence-corrected chi connectivity index (χ3v) is 8.47. The summed E-state index contributed by atoms with van der Waals surface area (Å²) in [5.74, 6) is 0. The van der Waals surface area contributed by atoms with Crippen LogP contribution in [0.2, 0.25) is 5.02 Å². The molecule has 0 N–H and O–H groups in total. The molecule has 140 valence electrons. The van der Waals surface area contributed by atoms with Crippen molar-refractivity contribution < 1.29 is 21.6 Å². The molecule has 3 rings (SSSR count). The summed E-state index contributed by atoms with van der Waals surface area (Å²) in [4.78, 5) is 0.154. The second-order valence-electron chi connectivity index (χ2n) is 5.78. The van der Waals surface area contributed by atoms with Gasteiger partial charge in [-0.25, -0.2) is 8.42 Å². The number of benzene rings is 1. The van der Waals surface area contributed by atoms with Gasteiger partial charge < -0.3 is 4.74 Å². The molecule has 0 atom stereocenters. The lowest BCUT2D eigenvalue weighted by atomic mass is 10.4. The summed E-state index contributed by atoms with van der Waals surface area (Å²) in [7, 11) is -7.23. The fourth-order valence-corrected chi connectivity index (χ4v) is 5.95. The van der Waals surface area contributed by atoms with Gasteiger partial charge in [-0.2, -0.15) is 21.3 Å². The minimum absolute atomic E-state index is 0.120. The van der Waals surface area contributed by atoms with Gasteiger partial charge in [-0.05, 0) is 24.3 Å². The van der Waals surface area contributed by atoms with Gasteiger partial charge in [0.2, 0.25) is 10.0 Å². The zero-order chi connectivity index (χ0) is 18.1. The van der Waals surface area contributed by atoms with E-state index in [0.717, 1.165) is 0 Å². The maximum Gasteiger partial charge on any atom is 0.282 e. The molecule has 2 saturated heterocycles. The first-order valence-corrected chi connectivity index (χ1v) is 11.1. The Balaban J connectivity index is 1.68. The SMILES string of the molecule is O=S(=O)(c1ccc(Cl)cc1)N1CCN(S(=O)(=O)N2CCOCC2)CC1. The number of halogens is 1. The Labute approximate surface area is 153 Å². The van der Waals surface area contributed by atoms with Gasteiger partial charge >= 0.3 is 0 Å². The van der Waals surface area contributed by atoms with Crippen molar-refractivity contribution in [2.45, 2.75) is 4.90 Å². The van der Waals surface area contributed by atoms with Crippen LogP contribution in [0, 0.1) is 0 Å². The average molecular weight is 410 g/mol. The minimum Gasteiger partial charge on any atom is -0.379 e. The third kappa shape index (κ3) is 4.00. The van der Waals surface area contributed by atoms with E-state index in [1.54, 1.807) is 0 Å². The molecule has 0 unspecified atom stereocenters. The molecule has 2 heterocycles. The van der Waals surface area contributed by atoms with Gasteiger partial charge in [-0.1, -0.05) is 11.6 Å². The van der Waals surface area contributed by atoms with Crippen molar-refractivity contribution in [2.75, 3.05) is 52.5 Å². The molecule has 0 amide bonds. The fourth-order valence-electron chi connectivity index (χ4n) is 2.84. The topological polar surface area (TPSA) is 87.2 Å². The number of sulfonamides is 1. The van der Waals surface area contributed by atoms with Crippen molar-refractivity contribution in [2.24, 2.45) is 0 Å². The highest BCUT2D eigenvalue weighted by Gasteiger charge is 2.36. The highest BCUT2D eigenvalue weighted by Crippen LogP contribution is 2.21. The van der Waals surface area contributed by atoms with E-state index in [1.807, 2.05) is 0 Å². The van der Waals surface area contributed by atoms with Crippen LogP contribution in [0.25, 0.3) is 0 Å². The van der Waals surface area contributed by atoms with Crippen LogP contribution >= 0.6 is 11.6 Å². The standard InChI is InChI=1S/C14H20ClN3O5S2/c15-13-1-3-14(4-2-13)24(19,20)16-5-7-17(8-6-16)25(21,22)18-9-11-23-12-10-18/h1-4H,5-12H2. The second kappa shape index (κ2) is 7.47. The van der Waals surface area contributed by atoms with E-state index in [9.17, 15) is 16.8 Å². The lowest BCUT2D eigenvalue weighted by Gasteiger charge is -2.37. The molecule has 0 saturated carbocycles. The maximum atomic E-state index is 12.6. The molecule has 2 aliphatic rings. The van der Waals surface area contributed by atoms with Gasteiger partial charge in [-0.3, -0.25) is 0 Å². The van der Waals surface area contributed by atoms with Gasteiger partial charge in [0.1, 0.15) is 0 Å². The molecule has 2 fully saturated rings. The van der Waals surface area contributed by atoms with Crippen molar-refractivity contribution in [1.82, 2.24) is 12.9 Å². The van der Waals surface area contributed by atoms with Crippen LogP contribution in [0.5, 0.6) is 0 Å². The number of nitrogens with zero attached hydrogens (tertiary/aromatic N) is 3. The molecule has 0 aliphatic carbocycles. The van der Waals surface area contributed by atoms with E-state index < -0.39 is 20.2 Å². The monoisotopic (exact) mass is 409 g/mol. The normalized spacial score (nSPS) is 22.1. The van der Waals surface area contributed by atoms with Gasteiger partial charge in [-0.15, -0.1) is 0 Å². The molecule has 2 aliphatic heterocycles. The van der Waals surface area contributed by atoms with Crippen LogP contribution in [-0.4, -0.2) is 82.2 Å². The summed E-state index contributed by atoms with van der Waals surface area (Å²) in [5, 5.41) is 0.459. The predicted octanol–water partition coefficient (Wildman–Crippen LogP) is 0.223. The number of hydrogen-bond acceptors (Lipinski definition) is 5. The van der Waals surface area contributed by atoms with Crippen molar-refractivity contribution >= 4 is 31.8 Å². The summed E-state index contributed by atoms with van der Waals surface area (Å²) < 4.78 is 59.7. The molecular weight excluding hydrogens is 390 g/mol. The zero-order valence-corrected chi connectivity index (χ0v) is 15.9. The Morgan fingerprint density at radius 2 is 1.24 bits per heavy atom. The van der Waals surface area contributed by atoms with Crippen LogP contribution in [0.15, 0.2) is 29.2 Å². The van der Waals surface area contributed by atoms with E-state index in [2.05, 4.69) is 0 Å². The smallest absolute Gasteiger partial charge is 0.282 e. The molecule has 11 heteroatoms. The summed E-state index contributed by atoms with van der Waals surface area (Å²) in [6.45, 7) is 1.91. The average Bonchev–Trinajstić information content (AvgIpc) is 2.63. The van der Waals surface area contributed by atoms with E-state index in [1.165, 1.54) is 37.2 Å². The Kier molecular flexibility index (Phi) is 5.69. The van der Waals surface area contributed by atoms with Gasteiger partial charge in [0.25, 0.3) is 10.2 Å². The first-order valence-electron chi connectivity index (χ1n) is 7.90. The van der Waals surface area contributed by atoms with E-state index in [0.29, 0.717) is 31.3 Å². The van der Waals surface area contributed by atoms with E-state index >= 15 is 0 Å². The Hall–Kier alpha value is -0.750. The van der Waals surface area contributed by atoms with Crippen molar-refractivity contribution in [3.63, 3.8) is 0 Å². The van der Waals surface area contributed by atoms with Crippen LogP contribution in [0.3, 0.4) is 0 Å². The number of rotatable bonds is 4. The van der Waals surface area contributed by atoms with E-state index in [4.69, 9.17) is 16.3 Å². The van der Waals surface area contributed by atoms with Gasteiger partial charge in [0, 0.05) is 44.3 Å². The highest BCUT2D eigenvalue weighted by atomic mass is 35.5. The molecular formula is C14H20ClN3O5S2. The summed E-state index contributed by atoms with van der Waals surface area (Å²) in [6.07, 6.45) is 0. The van der Waals surface area contributed by atoms with Crippen LogP contribution in [0.4, 0.5) is 0 Å². The van der Waals surface area contributed by atoms with Crippen molar-refractivity contribution in [3.8, 4) is 0 Å². The number of piperazine rings is 1.